The lowest BCUT2D eigenvalue weighted by atomic mass is 9.98. The highest BCUT2D eigenvalue weighted by Crippen LogP contribution is 2.38. The first kappa shape index (κ1) is 12.2. The van der Waals surface area contributed by atoms with Crippen LogP contribution in [0.2, 0.25) is 0 Å². The highest BCUT2D eigenvalue weighted by Gasteiger charge is 2.45. The van der Waals surface area contributed by atoms with Crippen LogP contribution in [0, 0.1) is 0 Å². The van der Waals surface area contributed by atoms with Gasteiger partial charge in [-0.15, -0.1) is 0 Å². The molecule has 0 radical (unpaired) electrons. The molecule has 1 heterocycles. The lowest BCUT2D eigenvalue weighted by molar-refractivity contribution is -0.0696. The van der Waals surface area contributed by atoms with Crippen molar-refractivity contribution in [1.29, 1.82) is 0 Å². The maximum absolute atomic E-state index is 14.2. The first-order valence-electron chi connectivity index (χ1n) is 5.69. The molecule has 17 heavy (non-hydrogen) atoms. The van der Waals surface area contributed by atoms with E-state index < -0.39 is 12.0 Å². The predicted molar refractivity (Wildman–Crippen MR) is 61.4 cm³/mol. The molecule has 2 nitrogen and oxygen atoms in total. The average molecular weight is 239 g/mol. The number of likely N-dealkylation sites (tertiary alicyclic amines) is 1. The fourth-order valence-electron chi connectivity index (χ4n) is 2.34. The molecule has 0 N–H and O–H groups in total. The van der Waals surface area contributed by atoms with E-state index in [0.717, 1.165) is 6.42 Å². The van der Waals surface area contributed by atoms with E-state index in [-0.39, 0.29) is 5.56 Å². The van der Waals surface area contributed by atoms with Gasteiger partial charge >= 0.3 is 0 Å². The molecule has 0 amide bonds. The van der Waals surface area contributed by atoms with Crippen molar-refractivity contribution in [2.45, 2.75) is 24.8 Å². The van der Waals surface area contributed by atoms with Crippen molar-refractivity contribution in [3.8, 4) is 0 Å². The number of aldehydes is 1. The summed E-state index contributed by atoms with van der Waals surface area (Å²) in [5.74, 6) is -2.85. The molecule has 1 aromatic carbocycles. The Morgan fingerprint density at radius 1 is 1.35 bits per heavy atom. The fraction of sp³-hybridized carbons (Fsp3) is 0.462. The topological polar surface area (TPSA) is 20.3 Å². The number of nitrogens with zero attached hydrogens (tertiary/aromatic N) is 1. The zero-order chi connectivity index (χ0) is 12.5. The van der Waals surface area contributed by atoms with Gasteiger partial charge in [0.2, 0.25) is 0 Å². The number of hydrogen-bond acceptors (Lipinski definition) is 2. The normalized spacial score (nSPS) is 21.7. The second-order valence-electron chi connectivity index (χ2n) is 4.50. The summed E-state index contributed by atoms with van der Waals surface area (Å²) in [6, 6.07) is 4.83. The van der Waals surface area contributed by atoms with Crippen molar-refractivity contribution in [3.63, 3.8) is 0 Å². The second kappa shape index (κ2) is 4.53. The SMILES string of the molecule is CN1CCCC1C(F)(F)c1ccc(C=O)cc1. The van der Waals surface area contributed by atoms with Crippen LogP contribution in [0.1, 0.15) is 28.8 Å². The van der Waals surface area contributed by atoms with Gasteiger partial charge in [0.15, 0.2) is 0 Å². The summed E-state index contributed by atoms with van der Waals surface area (Å²) in [5, 5.41) is 0. The summed E-state index contributed by atoms with van der Waals surface area (Å²) >= 11 is 0. The van der Waals surface area contributed by atoms with Gasteiger partial charge in [-0.05, 0) is 26.4 Å². The van der Waals surface area contributed by atoms with Crippen LogP contribution in [0.4, 0.5) is 8.78 Å². The lowest BCUT2D eigenvalue weighted by Gasteiger charge is -2.29. The number of benzene rings is 1. The van der Waals surface area contributed by atoms with Crippen molar-refractivity contribution < 1.29 is 13.6 Å². The summed E-state index contributed by atoms with van der Waals surface area (Å²) in [7, 11) is 1.73. The number of rotatable bonds is 3. The van der Waals surface area contributed by atoms with Gasteiger partial charge in [-0.25, -0.2) is 0 Å². The van der Waals surface area contributed by atoms with Gasteiger partial charge in [0.1, 0.15) is 6.29 Å². The van der Waals surface area contributed by atoms with E-state index in [4.69, 9.17) is 0 Å². The van der Waals surface area contributed by atoms with E-state index in [0.29, 0.717) is 24.8 Å². The van der Waals surface area contributed by atoms with E-state index in [1.165, 1.54) is 24.3 Å². The quantitative estimate of drug-likeness (QED) is 0.756. The number of alkyl halides is 2. The van der Waals surface area contributed by atoms with E-state index in [1.54, 1.807) is 11.9 Å². The third-order valence-electron chi connectivity index (χ3n) is 3.37. The Kier molecular flexibility index (Phi) is 3.24. The third kappa shape index (κ3) is 2.22. The third-order valence-corrected chi connectivity index (χ3v) is 3.37. The molecule has 0 aromatic heterocycles. The Morgan fingerprint density at radius 3 is 2.47 bits per heavy atom. The van der Waals surface area contributed by atoms with Crippen molar-refractivity contribution in [2.75, 3.05) is 13.6 Å². The van der Waals surface area contributed by atoms with E-state index in [2.05, 4.69) is 0 Å². The van der Waals surface area contributed by atoms with E-state index in [9.17, 15) is 13.6 Å². The molecule has 1 aromatic rings. The number of hydrogen-bond donors (Lipinski definition) is 0. The minimum atomic E-state index is -2.85. The average Bonchev–Trinajstić information content (AvgIpc) is 2.76. The number of likely N-dealkylation sites (N-methyl/N-ethyl adjacent to an activating group) is 1. The van der Waals surface area contributed by atoms with Crippen LogP contribution in [0.15, 0.2) is 24.3 Å². The number of halogens is 2. The predicted octanol–water partition coefficient (Wildman–Crippen LogP) is 2.69. The van der Waals surface area contributed by atoms with Crippen molar-refractivity contribution in [1.82, 2.24) is 4.90 Å². The number of carbonyl (C=O) groups is 1. The highest BCUT2D eigenvalue weighted by atomic mass is 19.3. The molecule has 0 bridgehead atoms. The lowest BCUT2D eigenvalue weighted by Crippen LogP contribution is -2.39. The van der Waals surface area contributed by atoms with Crippen LogP contribution in [-0.2, 0) is 5.92 Å². The van der Waals surface area contributed by atoms with Crippen LogP contribution in [0.25, 0.3) is 0 Å². The van der Waals surface area contributed by atoms with Crippen LogP contribution < -0.4 is 0 Å². The smallest absolute Gasteiger partial charge is 0.288 e. The molecule has 1 unspecified atom stereocenters. The maximum Gasteiger partial charge on any atom is 0.288 e. The number of carbonyl (C=O) groups excluding carboxylic acids is 1. The fourth-order valence-corrected chi connectivity index (χ4v) is 2.34. The summed E-state index contributed by atoms with van der Waals surface area (Å²) in [6.07, 6.45) is 1.98. The largest absolute Gasteiger partial charge is 0.298 e. The molecule has 0 spiro atoms. The van der Waals surface area contributed by atoms with Crippen molar-refractivity contribution in [2.24, 2.45) is 0 Å². The van der Waals surface area contributed by atoms with Gasteiger partial charge in [-0.1, -0.05) is 24.3 Å². The van der Waals surface area contributed by atoms with Gasteiger partial charge in [0.05, 0.1) is 6.04 Å². The highest BCUT2D eigenvalue weighted by molar-refractivity contribution is 5.74. The van der Waals surface area contributed by atoms with Crippen LogP contribution in [0.3, 0.4) is 0 Å². The first-order chi connectivity index (χ1) is 8.05. The van der Waals surface area contributed by atoms with Gasteiger partial charge in [0, 0.05) is 11.1 Å². The van der Waals surface area contributed by atoms with Gasteiger partial charge < -0.3 is 0 Å². The molecule has 92 valence electrons. The van der Waals surface area contributed by atoms with E-state index in [1.807, 2.05) is 0 Å². The Labute approximate surface area is 99.2 Å². The summed E-state index contributed by atoms with van der Waals surface area (Å²) in [6.45, 7) is 0.715. The van der Waals surface area contributed by atoms with Crippen molar-refractivity contribution >= 4 is 6.29 Å². The first-order valence-corrected chi connectivity index (χ1v) is 5.69. The molecular weight excluding hydrogens is 224 g/mol. The summed E-state index contributed by atoms with van der Waals surface area (Å²) in [5.41, 5.74) is 0.408. The van der Waals surface area contributed by atoms with E-state index >= 15 is 0 Å². The minimum absolute atomic E-state index is 0.0122. The molecule has 4 heteroatoms. The molecule has 1 aliphatic rings. The second-order valence-corrected chi connectivity index (χ2v) is 4.50. The monoisotopic (exact) mass is 239 g/mol. The molecule has 2 rings (SSSR count). The Morgan fingerprint density at radius 2 is 2.00 bits per heavy atom. The molecule has 1 saturated heterocycles. The van der Waals surface area contributed by atoms with Crippen LogP contribution in [0.5, 0.6) is 0 Å². The van der Waals surface area contributed by atoms with Crippen LogP contribution >= 0.6 is 0 Å². The molecule has 1 fully saturated rings. The van der Waals surface area contributed by atoms with Crippen LogP contribution in [-0.4, -0.2) is 30.8 Å². The Hall–Kier alpha value is -1.29. The summed E-state index contributed by atoms with van der Waals surface area (Å²) in [4.78, 5) is 12.2. The Balaban J connectivity index is 2.26. The standard InChI is InChI=1S/C13H15F2NO/c1-16-8-2-3-12(16)13(14,15)11-6-4-10(9-17)5-7-11/h4-7,9,12H,2-3,8H2,1H3. The van der Waals surface area contributed by atoms with Crippen molar-refractivity contribution in [3.05, 3.63) is 35.4 Å². The van der Waals surface area contributed by atoms with Gasteiger partial charge in [0.25, 0.3) is 5.92 Å². The van der Waals surface area contributed by atoms with Gasteiger partial charge in [-0.2, -0.15) is 8.78 Å². The molecule has 0 aliphatic carbocycles. The molecular formula is C13H15F2NO. The molecule has 1 atom stereocenters. The Bertz CT molecular complexity index is 402. The minimum Gasteiger partial charge on any atom is -0.298 e. The maximum atomic E-state index is 14.2. The molecule has 0 saturated carbocycles. The molecule has 1 aliphatic heterocycles. The van der Waals surface area contributed by atoms with Gasteiger partial charge in [-0.3, -0.25) is 9.69 Å². The summed E-state index contributed by atoms with van der Waals surface area (Å²) < 4.78 is 28.4. The zero-order valence-electron chi connectivity index (χ0n) is 9.70. The zero-order valence-corrected chi connectivity index (χ0v) is 9.70.